The van der Waals surface area contributed by atoms with Crippen LogP contribution in [-0.2, 0) is 10.0 Å². The number of aromatic nitrogens is 6. The fourth-order valence-corrected chi connectivity index (χ4v) is 6.77. The molecule has 1 aromatic carbocycles. The molecule has 192 valence electrons. The van der Waals surface area contributed by atoms with Gasteiger partial charge in [-0.15, -0.1) is 10.2 Å². The van der Waals surface area contributed by atoms with Gasteiger partial charge in [-0.05, 0) is 56.0 Å². The minimum Gasteiger partial charge on any atom is -0.367 e. The number of aryl methyl sites for hydroxylation is 1. The second-order valence-electron chi connectivity index (χ2n) is 9.78. The van der Waals surface area contributed by atoms with Crippen LogP contribution in [0.2, 0.25) is 0 Å². The molecule has 38 heavy (non-hydrogen) atoms. The second-order valence-corrected chi connectivity index (χ2v) is 11.6. The molecule has 6 rings (SSSR count). The average Bonchev–Trinajstić information content (AvgIpc) is 3.65. The molecule has 0 aliphatic heterocycles. The van der Waals surface area contributed by atoms with Crippen molar-refractivity contribution in [2.75, 3.05) is 5.32 Å². The van der Waals surface area contributed by atoms with Crippen LogP contribution in [0.15, 0.2) is 66.0 Å². The highest BCUT2D eigenvalue weighted by atomic mass is 32.2. The Balaban J connectivity index is 1.37. The number of nitrogens with one attached hydrogen (secondary N) is 1. The first kappa shape index (κ1) is 24.1. The van der Waals surface area contributed by atoms with Gasteiger partial charge in [-0.2, -0.15) is 5.26 Å². The Hall–Kier alpha value is -4.30. The summed E-state index contributed by atoms with van der Waals surface area (Å²) < 4.78 is 30.1. The molecule has 5 aromatic rings. The Labute approximate surface area is 220 Å². The Kier molecular flexibility index (Phi) is 5.84. The van der Waals surface area contributed by atoms with E-state index in [1.165, 1.54) is 3.97 Å². The van der Waals surface area contributed by atoms with E-state index in [1.54, 1.807) is 55.0 Å². The molecule has 0 spiro atoms. The summed E-state index contributed by atoms with van der Waals surface area (Å²) in [5.74, 6) is 2.02. The van der Waals surface area contributed by atoms with Gasteiger partial charge in [0, 0.05) is 24.4 Å². The molecule has 11 heteroatoms. The van der Waals surface area contributed by atoms with E-state index >= 15 is 0 Å². The normalized spacial score (nSPS) is 19.7. The van der Waals surface area contributed by atoms with Gasteiger partial charge in [-0.3, -0.25) is 4.40 Å². The number of pyridine rings is 1. The highest BCUT2D eigenvalue weighted by molar-refractivity contribution is 7.90. The third-order valence-electron chi connectivity index (χ3n) is 7.44. The lowest BCUT2D eigenvalue weighted by Crippen LogP contribution is -2.16. The average molecular weight is 527 g/mol. The minimum absolute atomic E-state index is 0.119. The second kappa shape index (κ2) is 9.22. The van der Waals surface area contributed by atoms with Crippen LogP contribution < -0.4 is 5.32 Å². The molecule has 0 amide bonds. The van der Waals surface area contributed by atoms with Crippen molar-refractivity contribution in [3.63, 3.8) is 0 Å². The molecule has 0 radical (unpaired) electrons. The predicted molar refractivity (Wildman–Crippen MR) is 142 cm³/mol. The lowest BCUT2D eigenvalue weighted by atomic mass is 9.93. The molecule has 0 saturated heterocycles. The largest absolute Gasteiger partial charge is 0.367 e. The van der Waals surface area contributed by atoms with Crippen molar-refractivity contribution >= 4 is 32.7 Å². The summed E-state index contributed by atoms with van der Waals surface area (Å²) in [6.07, 6.45) is 7.42. The van der Waals surface area contributed by atoms with Crippen molar-refractivity contribution in [2.24, 2.45) is 5.92 Å². The first-order valence-electron chi connectivity index (χ1n) is 12.5. The molecule has 0 bridgehead atoms. The summed E-state index contributed by atoms with van der Waals surface area (Å²) in [5, 5.41) is 21.5. The van der Waals surface area contributed by atoms with Crippen LogP contribution in [0.4, 0.5) is 5.82 Å². The lowest BCUT2D eigenvalue weighted by Gasteiger charge is -2.16. The summed E-state index contributed by atoms with van der Waals surface area (Å²) in [6, 6.07) is 14.4. The predicted octanol–water partition coefficient (Wildman–Crippen LogP) is 4.28. The van der Waals surface area contributed by atoms with E-state index in [-0.39, 0.29) is 16.9 Å². The monoisotopic (exact) mass is 526 g/mol. The summed E-state index contributed by atoms with van der Waals surface area (Å²) in [4.78, 5) is 9.03. The summed E-state index contributed by atoms with van der Waals surface area (Å²) in [7, 11) is -3.82. The van der Waals surface area contributed by atoms with E-state index in [9.17, 15) is 8.42 Å². The molecular weight excluding hydrogens is 500 g/mol. The Morgan fingerprint density at radius 1 is 1.05 bits per heavy atom. The van der Waals surface area contributed by atoms with Gasteiger partial charge in [0.1, 0.15) is 17.7 Å². The zero-order valence-electron chi connectivity index (χ0n) is 21.0. The maximum atomic E-state index is 13.4. The van der Waals surface area contributed by atoms with Crippen molar-refractivity contribution in [1.82, 2.24) is 28.5 Å². The smallest absolute Gasteiger partial charge is 0.269 e. The number of anilines is 1. The first-order chi connectivity index (χ1) is 18.4. The van der Waals surface area contributed by atoms with Crippen molar-refractivity contribution in [1.29, 1.82) is 5.26 Å². The van der Waals surface area contributed by atoms with E-state index < -0.39 is 10.0 Å². The molecule has 4 heterocycles. The molecule has 1 aliphatic carbocycles. The highest BCUT2D eigenvalue weighted by Gasteiger charge is 2.37. The Morgan fingerprint density at radius 2 is 1.87 bits per heavy atom. The molecule has 1 N–H and O–H groups in total. The van der Waals surface area contributed by atoms with Crippen LogP contribution >= 0.6 is 0 Å². The van der Waals surface area contributed by atoms with Crippen LogP contribution in [-0.4, -0.2) is 43.0 Å². The van der Waals surface area contributed by atoms with Crippen molar-refractivity contribution in [2.45, 2.75) is 50.0 Å². The van der Waals surface area contributed by atoms with Gasteiger partial charge in [0.15, 0.2) is 11.3 Å². The van der Waals surface area contributed by atoms with E-state index in [2.05, 4.69) is 38.5 Å². The van der Waals surface area contributed by atoms with Crippen LogP contribution in [0.3, 0.4) is 0 Å². The van der Waals surface area contributed by atoms with Gasteiger partial charge < -0.3 is 5.32 Å². The van der Waals surface area contributed by atoms with Gasteiger partial charge in [-0.1, -0.05) is 31.0 Å². The third-order valence-corrected chi connectivity index (χ3v) is 9.12. The van der Waals surface area contributed by atoms with Crippen LogP contribution in [0, 0.1) is 24.2 Å². The molecule has 10 nitrogen and oxygen atoms in total. The van der Waals surface area contributed by atoms with E-state index in [0.717, 1.165) is 36.5 Å². The van der Waals surface area contributed by atoms with Crippen molar-refractivity contribution < 1.29 is 8.42 Å². The Morgan fingerprint density at radius 3 is 2.58 bits per heavy atom. The topological polar surface area (TPSA) is 131 Å². The van der Waals surface area contributed by atoms with Crippen molar-refractivity contribution in [3.05, 3.63) is 78.0 Å². The zero-order valence-corrected chi connectivity index (χ0v) is 21.8. The molecule has 1 aliphatic rings. The fourth-order valence-electron chi connectivity index (χ4n) is 5.47. The minimum atomic E-state index is -3.82. The highest BCUT2D eigenvalue weighted by Crippen LogP contribution is 2.42. The Bertz CT molecular complexity index is 1780. The van der Waals surface area contributed by atoms with Crippen LogP contribution in [0.5, 0.6) is 0 Å². The maximum absolute atomic E-state index is 13.4. The van der Waals surface area contributed by atoms with Gasteiger partial charge in [0.05, 0.1) is 22.2 Å². The number of benzene rings is 1. The quantitative estimate of drug-likeness (QED) is 0.347. The zero-order chi connectivity index (χ0) is 26.4. The molecule has 1 fully saturated rings. The summed E-state index contributed by atoms with van der Waals surface area (Å²) in [6.45, 7) is 4.09. The number of hydrogen-bond donors (Lipinski definition) is 1. The number of nitriles is 1. The summed E-state index contributed by atoms with van der Waals surface area (Å²) in [5.41, 5.74) is 3.08. The third kappa shape index (κ3) is 3.97. The molecule has 4 aromatic heterocycles. The van der Waals surface area contributed by atoms with Gasteiger partial charge in [0.2, 0.25) is 0 Å². The number of rotatable bonds is 6. The lowest BCUT2D eigenvalue weighted by molar-refractivity contribution is 0.451. The van der Waals surface area contributed by atoms with E-state index in [0.29, 0.717) is 28.3 Å². The van der Waals surface area contributed by atoms with Crippen LogP contribution in [0.25, 0.3) is 16.8 Å². The standard InChI is InChI=1S/C27H26N8O2S/c1-3-19-12-20(31-24-9-6-18(14-28)15-29-24)13-22(19)26-33-32-25-16-30-27-23(35(25)26)10-11-34(27)38(36,37)21-7-4-17(2)5-8-21/h4-11,15-16,19-20,22H,3,12-13H2,1-2H3,(H,29,31)/t19-,20+,22+/m1/s1. The molecule has 0 unspecified atom stereocenters. The van der Waals surface area contributed by atoms with Crippen molar-refractivity contribution in [3.8, 4) is 6.07 Å². The maximum Gasteiger partial charge on any atom is 0.269 e. The van der Waals surface area contributed by atoms with E-state index in [1.807, 2.05) is 17.4 Å². The van der Waals surface area contributed by atoms with Gasteiger partial charge >= 0.3 is 0 Å². The molecule has 3 atom stereocenters. The number of fused-ring (bicyclic) bond motifs is 3. The SMILES string of the molecule is CC[C@@H]1C[C@H](Nc2ccc(C#N)cn2)C[C@@H]1c1nnc2cnc3c(ccn3S(=O)(=O)c3ccc(C)cc3)n12. The van der Waals surface area contributed by atoms with Crippen LogP contribution in [0.1, 0.15) is 49.1 Å². The van der Waals surface area contributed by atoms with Gasteiger partial charge in [-0.25, -0.2) is 22.4 Å². The molecule has 1 saturated carbocycles. The fraction of sp³-hybridized carbons (Fsp3) is 0.296. The number of hydrogen-bond acceptors (Lipinski definition) is 8. The van der Waals surface area contributed by atoms with E-state index in [4.69, 9.17) is 5.26 Å². The number of nitrogens with zero attached hydrogens (tertiary/aromatic N) is 7. The van der Waals surface area contributed by atoms with Gasteiger partial charge in [0.25, 0.3) is 10.0 Å². The first-order valence-corrected chi connectivity index (χ1v) is 14.0. The molecular formula is C27H26N8O2S. The summed E-state index contributed by atoms with van der Waals surface area (Å²) >= 11 is 0.